The molecule has 5 heteroatoms. The smallest absolute Gasteiger partial charge is 0.134 e. The SMILES string of the molecule is Cc1c(N=C=S)cc(F)c2cccnc12.O. The van der Waals surface area contributed by atoms with Gasteiger partial charge in [-0.1, -0.05) is 0 Å². The molecule has 2 aromatic rings. The minimum Gasteiger partial charge on any atom is -0.412 e. The van der Waals surface area contributed by atoms with Gasteiger partial charge in [0.25, 0.3) is 0 Å². The molecule has 0 aliphatic carbocycles. The highest BCUT2D eigenvalue weighted by molar-refractivity contribution is 7.78. The van der Waals surface area contributed by atoms with Crippen LogP contribution >= 0.6 is 12.2 Å². The maximum atomic E-state index is 13.6. The number of rotatable bonds is 1. The van der Waals surface area contributed by atoms with E-state index in [1.165, 1.54) is 6.07 Å². The van der Waals surface area contributed by atoms with E-state index in [9.17, 15) is 4.39 Å². The number of hydrogen-bond acceptors (Lipinski definition) is 3. The van der Waals surface area contributed by atoms with Gasteiger partial charge in [-0.2, -0.15) is 4.99 Å². The molecule has 0 radical (unpaired) electrons. The van der Waals surface area contributed by atoms with Crippen molar-refractivity contribution in [3.8, 4) is 0 Å². The van der Waals surface area contributed by atoms with Crippen LogP contribution in [0.2, 0.25) is 0 Å². The Morgan fingerprint density at radius 3 is 2.94 bits per heavy atom. The van der Waals surface area contributed by atoms with Crippen LogP contribution in [0.25, 0.3) is 10.9 Å². The fourth-order valence-corrected chi connectivity index (χ4v) is 1.59. The van der Waals surface area contributed by atoms with Crippen molar-refractivity contribution >= 4 is 34.0 Å². The number of halogens is 1. The first-order valence-electron chi connectivity index (χ1n) is 4.35. The second-order valence-electron chi connectivity index (χ2n) is 3.11. The molecule has 2 N–H and O–H groups in total. The highest BCUT2D eigenvalue weighted by Crippen LogP contribution is 2.28. The minimum atomic E-state index is -0.340. The van der Waals surface area contributed by atoms with Crippen molar-refractivity contribution in [1.29, 1.82) is 0 Å². The van der Waals surface area contributed by atoms with Gasteiger partial charge in [0.2, 0.25) is 0 Å². The molecule has 1 aromatic carbocycles. The Morgan fingerprint density at radius 2 is 2.25 bits per heavy atom. The number of thiocarbonyl (C=S) groups is 1. The summed E-state index contributed by atoms with van der Waals surface area (Å²) in [6.45, 7) is 1.83. The first-order valence-corrected chi connectivity index (χ1v) is 4.76. The number of nitrogens with zero attached hydrogens (tertiary/aromatic N) is 2. The second kappa shape index (κ2) is 4.90. The quantitative estimate of drug-likeness (QED) is 0.564. The molecule has 3 nitrogen and oxygen atoms in total. The number of isothiocyanates is 1. The van der Waals surface area contributed by atoms with Crippen LogP contribution in [0.3, 0.4) is 0 Å². The van der Waals surface area contributed by atoms with E-state index in [1.807, 2.05) is 6.92 Å². The molecule has 0 spiro atoms. The minimum absolute atomic E-state index is 0. The lowest BCUT2D eigenvalue weighted by Crippen LogP contribution is -1.87. The van der Waals surface area contributed by atoms with E-state index in [-0.39, 0.29) is 11.3 Å². The summed E-state index contributed by atoms with van der Waals surface area (Å²) < 4.78 is 13.6. The number of aromatic nitrogens is 1. The number of pyridine rings is 1. The summed E-state index contributed by atoms with van der Waals surface area (Å²) in [5, 5.41) is 2.73. The zero-order chi connectivity index (χ0) is 10.8. The molecule has 2 rings (SSSR count). The van der Waals surface area contributed by atoms with Gasteiger partial charge < -0.3 is 5.48 Å². The lowest BCUT2D eigenvalue weighted by molar-refractivity contribution is 0.639. The van der Waals surface area contributed by atoms with Crippen LogP contribution in [0.1, 0.15) is 5.56 Å². The number of aryl methyl sites for hydroxylation is 1. The lowest BCUT2D eigenvalue weighted by Gasteiger charge is -2.04. The third-order valence-corrected chi connectivity index (χ3v) is 2.33. The predicted molar refractivity (Wildman–Crippen MR) is 64.7 cm³/mol. The van der Waals surface area contributed by atoms with E-state index < -0.39 is 0 Å². The average molecular weight is 236 g/mol. The van der Waals surface area contributed by atoms with Gasteiger partial charge in [-0.25, -0.2) is 4.39 Å². The molecule has 0 amide bonds. The Balaban J connectivity index is 0.00000128. The molecular formula is C11H9FN2OS. The van der Waals surface area contributed by atoms with Crippen molar-refractivity contribution in [3.63, 3.8) is 0 Å². The van der Waals surface area contributed by atoms with Crippen LogP contribution in [-0.2, 0) is 0 Å². The predicted octanol–water partition coefficient (Wildman–Crippen LogP) is 2.59. The molecule has 0 unspecified atom stereocenters. The van der Waals surface area contributed by atoms with E-state index in [0.29, 0.717) is 16.6 Å². The normalized spacial score (nSPS) is 9.38. The van der Waals surface area contributed by atoms with Gasteiger partial charge in [0.1, 0.15) is 5.82 Å². The molecule has 0 bridgehead atoms. The average Bonchev–Trinajstić information content (AvgIpc) is 2.26. The molecule has 0 saturated heterocycles. The first kappa shape index (κ1) is 12.4. The maximum absolute atomic E-state index is 13.6. The largest absolute Gasteiger partial charge is 0.412 e. The first-order chi connectivity index (χ1) is 7.24. The Morgan fingerprint density at radius 1 is 1.50 bits per heavy atom. The van der Waals surface area contributed by atoms with Crippen LogP contribution < -0.4 is 0 Å². The van der Waals surface area contributed by atoms with Gasteiger partial charge in [-0.05, 0) is 31.3 Å². The van der Waals surface area contributed by atoms with Crippen molar-refractivity contribution in [3.05, 3.63) is 35.8 Å². The van der Waals surface area contributed by atoms with Gasteiger partial charge in [-0.15, -0.1) is 0 Å². The van der Waals surface area contributed by atoms with Gasteiger partial charge in [0, 0.05) is 23.2 Å². The van der Waals surface area contributed by atoms with E-state index in [0.717, 1.165) is 5.56 Å². The van der Waals surface area contributed by atoms with Crippen LogP contribution in [0.5, 0.6) is 0 Å². The van der Waals surface area contributed by atoms with Crippen LogP contribution in [0.15, 0.2) is 29.4 Å². The summed E-state index contributed by atoms with van der Waals surface area (Å²) in [4.78, 5) is 7.92. The maximum Gasteiger partial charge on any atom is 0.134 e. The van der Waals surface area contributed by atoms with Gasteiger partial charge in [0.05, 0.1) is 16.4 Å². The standard InChI is InChI=1S/C11H7FN2S.H2O/c1-7-10(14-6-15)5-9(12)8-3-2-4-13-11(7)8;/h2-5H,1H3;1H2. The highest BCUT2D eigenvalue weighted by Gasteiger charge is 2.08. The fraction of sp³-hybridized carbons (Fsp3) is 0.0909. The number of fused-ring (bicyclic) bond motifs is 1. The Bertz CT molecular complexity index is 579. The molecule has 0 aliphatic heterocycles. The number of hydrogen-bond donors (Lipinski definition) is 0. The molecule has 1 aromatic heterocycles. The third-order valence-electron chi connectivity index (χ3n) is 2.23. The Labute approximate surface area is 97.0 Å². The summed E-state index contributed by atoms with van der Waals surface area (Å²) in [6.07, 6.45) is 1.62. The summed E-state index contributed by atoms with van der Waals surface area (Å²) in [5.41, 5.74) is 1.90. The number of aliphatic imine (C=N–C) groups is 1. The molecule has 16 heavy (non-hydrogen) atoms. The monoisotopic (exact) mass is 236 g/mol. The van der Waals surface area contributed by atoms with Gasteiger partial charge in [0.15, 0.2) is 0 Å². The summed E-state index contributed by atoms with van der Waals surface area (Å²) in [6, 6.07) is 4.74. The van der Waals surface area contributed by atoms with Gasteiger partial charge >= 0.3 is 0 Å². The van der Waals surface area contributed by atoms with Crippen molar-refractivity contribution in [1.82, 2.24) is 4.98 Å². The van der Waals surface area contributed by atoms with Crippen molar-refractivity contribution in [2.75, 3.05) is 0 Å². The van der Waals surface area contributed by atoms with Crippen LogP contribution in [0.4, 0.5) is 10.1 Å². The van der Waals surface area contributed by atoms with Gasteiger partial charge in [-0.3, -0.25) is 4.98 Å². The molecular weight excluding hydrogens is 227 g/mol. The van der Waals surface area contributed by atoms with Crippen molar-refractivity contribution < 1.29 is 9.87 Å². The molecule has 0 atom stereocenters. The van der Waals surface area contributed by atoms with Crippen LogP contribution in [0, 0.1) is 12.7 Å². The molecule has 1 heterocycles. The lowest BCUT2D eigenvalue weighted by atomic mass is 10.1. The second-order valence-corrected chi connectivity index (χ2v) is 3.29. The highest BCUT2D eigenvalue weighted by atomic mass is 32.1. The zero-order valence-electron chi connectivity index (χ0n) is 8.49. The topological polar surface area (TPSA) is 56.8 Å². The fourth-order valence-electron chi connectivity index (χ4n) is 1.49. The summed E-state index contributed by atoms with van der Waals surface area (Å²) in [5.74, 6) is -0.340. The molecule has 0 fully saturated rings. The molecule has 82 valence electrons. The summed E-state index contributed by atoms with van der Waals surface area (Å²) in [7, 11) is 0. The van der Waals surface area contributed by atoms with E-state index >= 15 is 0 Å². The Kier molecular flexibility index (Phi) is 3.79. The number of benzene rings is 1. The summed E-state index contributed by atoms with van der Waals surface area (Å²) >= 11 is 4.50. The van der Waals surface area contributed by atoms with E-state index in [2.05, 4.69) is 27.4 Å². The van der Waals surface area contributed by atoms with E-state index in [4.69, 9.17) is 0 Å². The van der Waals surface area contributed by atoms with E-state index in [1.54, 1.807) is 18.3 Å². The van der Waals surface area contributed by atoms with Crippen LogP contribution in [-0.4, -0.2) is 15.6 Å². The molecule has 0 aliphatic rings. The molecule has 0 saturated carbocycles. The van der Waals surface area contributed by atoms with Crippen molar-refractivity contribution in [2.45, 2.75) is 6.92 Å². The van der Waals surface area contributed by atoms with Crippen molar-refractivity contribution in [2.24, 2.45) is 4.99 Å². The third kappa shape index (κ3) is 1.97. The Hall–Kier alpha value is -1.68. The zero-order valence-corrected chi connectivity index (χ0v) is 9.31.